The number of rotatable bonds is 5. The van der Waals surface area contributed by atoms with Crippen LogP contribution in [0.4, 0.5) is 0 Å². The predicted octanol–water partition coefficient (Wildman–Crippen LogP) is 3.12. The standard InChI is InChI=1S/C18H23NO4S2/c1-23-12-18(17(21)22)7-2-8-19(11-18)15(20)13-3-5-14(6-4-13)16-24-9-10-25-16/h3-6,16H,2,7-12H2,1H3,(H,21,22). The van der Waals surface area contributed by atoms with Gasteiger partial charge in [0, 0.05) is 37.3 Å². The third-order valence-corrected chi connectivity index (χ3v) is 7.89. The van der Waals surface area contributed by atoms with Crippen molar-refractivity contribution in [2.45, 2.75) is 17.4 Å². The lowest BCUT2D eigenvalue weighted by atomic mass is 9.80. The van der Waals surface area contributed by atoms with Crippen molar-refractivity contribution in [2.24, 2.45) is 5.41 Å². The number of carbonyl (C=O) groups excluding carboxylic acids is 1. The molecule has 1 aromatic rings. The number of carbonyl (C=O) groups is 2. The number of thioether (sulfide) groups is 2. The second kappa shape index (κ2) is 8.01. The zero-order chi connectivity index (χ0) is 17.9. The summed E-state index contributed by atoms with van der Waals surface area (Å²) in [7, 11) is 1.50. The maximum atomic E-state index is 12.8. The highest BCUT2D eigenvalue weighted by Gasteiger charge is 2.44. The molecule has 2 fully saturated rings. The minimum absolute atomic E-state index is 0.0975. The number of benzene rings is 1. The minimum Gasteiger partial charge on any atom is -0.481 e. The van der Waals surface area contributed by atoms with E-state index in [1.807, 2.05) is 47.8 Å². The summed E-state index contributed by atoms with van der Waals surface area (Å²) < 4.78 is 5.59. The summed E-state index contributed by atoms with van der Waals surface area (Å²) >= 11 is 3.87. The number of hydrogen-bond acceptors (Lipinski definition) is 5. The molecular formula is C18H23NO4S2. The molecule has 0 bridgehead atoms. The van der Waals surface area contributed by atoms with Crippen molar-refractivity contribution in [1.29, 1.82) is 0 Å². The van der Waals surface area contributed by atoms with E-state index in [2.05, 4.69) is 0 Å². The zero-order valence-corrected chi connectivity index (χ0v) is 15.9. The minimum atomic E-state index is -1.00. The summed E-state index contributed by atoms with van der Waals surface area (Å²) in [5.41, 5.74) is 0.858. The summed E-state index contributed by atoms with van der Waals surface area (Å²) in [6.45, 7) is 0.917. The van der Waals surface area contributed by atoms with Crippen molar-refractivity contribution in [3.63, 3.8) is 0 Å². The number of amides is 1. The molecule has 1 unspecified atom stereocenters. The van der Waals surface area contributed by atoms with Crippen LogP contribution in [-0.4, -0.2) is 60.2 Å². The van der Waals surface area contributed by atoms with E-state index in [-0.39, 0.29) is 19.1 Å². The molecule has 25 heavy (non-hydrogen) atoms. The van der Waals surface area contributed by atoms with Gasteiger partial charge in [-0.1, -0.05) is 12.1 Å². The monoisotopic (exact) mass is 381 g/mol. The average Bonchev–Trinajstić information content (AvgIpc) is 3.16. The van der Waals surface area contributed by atoms with Crippen LogP contribution in [0.1, 0.15) is 33.3 Å². The Morgan fingerprint density at radius 3 is 2.56 bits per heavy atom. The lowest BCUT2D eigenvalue weighted by Crippen LogP contribution is -2.52. The number of nitrogens with zero attached hydrogens (tertiary/aromatic N) is 1. The van der Waals surface area contributed by atoms with Gasteiger partial charge in [-0.3, -0.25) is 9.59 Å². The third-order valence-electron chi connectivity index (χ3n) is 4.79. The zero-order valence-electron chi connectivity index (χ0n) is 14.3. The molecule has 2 aliphatic heterocycles. The number of ether oxygens (including phenoxy) is 1. The van der Waals surface area contributed by atoms with E-state index in [1.165, 1.54) is 24.2 Å². The largest absolute Gasteiger partial charge is 0.481 e. The number of carboxylic acid groups (broad SMARTS) is 1. The van der Waals surface area contributed by atoms with Gasteiger partial charge in [-0.15, -0.1) is 23.5 Å². The fourth-order valence-corrected chi connectivity index (χ4v) is 6.31. The average molecular weight is 382 g/mol. The molecule has 0 saturated carbocycles. The Bertz CT molecular complexity index is 626. The number of piperidine rings is 1. The summed E-state index contributed by atoms with van der Waals surface area (Å²) in [5.74, 6) is 1.35. The van der Waals surface area contributed by atoms with Crippen molar-refractivity contribution < 1.29 is 19.4 Å². The summed E-state index contributed by atoms with van der Waals surface area (Å²) in [6.07, 6.45) is 1.21. The van der Waals surface area contributed by atoms with Gasteiger partial charge in [0.2, 0.25) is 0 Å². The highest BCUT2D eigenvalue weighted by Crippen LogP contribution is 2.45. The van der Waals surface area contributed by atoms with E-state index in [4.69, 9.17) is 4.74 Å². The molecule has 1 atom stereocenters. The molecule has 2 aliphatic rings. The van der Waals surface area contributed by atoms with Crippen LogP contribution in [0.3, 0.4) is 0 Å². The Morgan fingerprint density at radius 2 is 1.96 bits per heavy atom. The lowest BCUT2D eigenvalue weighted by molar-refractivity contribution is -0.155. The van der Waals surface area contributed by atoms with E-state index in [0.717, 1.165) is 0 Å². The van der Waals surface area contributed by atoms with E-state index >= 15 is 0 Å². The van der Waals surface area contributed by atoms with Gasteiger partial charge in [0.05, 0.1) is 11.2 Å². The highest BCUT2D eigenvalue weighted by atomic mass is 32.2. The second-order valence-electron chi connectivity index (χ2n) is 6.54. The second-order valence-corrected chi connectivity index (χ2v) is 9.27. The molecule has 0 aromatic heterocycles. The maximum absolute atomic E-state index is 12.8. The Kier molecular flexibility index (Phi) is 5.96. The molecule has 3 rings (SSSR count). The molecule has 0 spiro atoms. The van der Waals surface area contributed by atoms with Gasteiger partial charge in [-0.2, -0.15) is 0 Å². The molecule has 136 valence electrons. The van der Waals surface area contributed by atoms with Crippen molar-refractivity contribution in [2.75, 3.05) is 38.3 Å². The van der Waals surface area contributed by atoms with Gasteiger partial charge in [-0.05, 0) is 30.5 Å². The number of aliphatic carboxylic acids is 1. The van der Waals surface area contributed by atoms with Crippen molar-refractivity contribution in [3.05, 3.63) is 35.4 Å². The summed E-state index contributed by atoms with van der Waals surface area (Å²) in [5, 5.41) is 9.63. The quantitative estimate of drug-likeness (QED) is 0.845. The summed E-state index contributed by atoms with van der Waals surface area (Å²) in [4.78, 5) is 26.2. The molecule has 1 N–H and O–H groups in total. The molecule has 7 heteroatoms. The first-order chi connectivity index (χ1) is 12.1. The maximum Gasteiger partial charge on any atom is 0.313 e. The summed E-state index contributed by atoms with van der Waals surface area (Å²) in [6, 6.07) is 7.77. The van der Waals surface area contributed by atoms with Crippen LogP contribution in [0.5, 0.6) is 0 Å². The number of likely N-dealkylation sites (tertiary alicyclic amines) is 1. The van der Waals surface area contributed by atoms with Gasteiger partial charge in [0.25, 0.3) is 5.91 Å². The van der Waals surface area contributed by atoms with Gasteiger partial charge in [0.1, 0.15) is 5.41 Å². The fourth-order valence-electron chi connectivity index (χ4n) is 3.45. The first-order valence-corrected chi connectivity index (χ1v) is 10.5. The fraction of sp³-hybridized carbons (Fsp3) is 0.556. The van der Waals surface area contributed by atoms with Crippen LogP contribution in [0, 0.1) is 5.41 Å². The Hall–Kier alpha value is -1.18. The van der Waals surface area contributed by atoms with E-state index < -0.39 is 11.4 Å². The Labute approximate surface area is 156 Å². The topological polar surface area (TPSA) is 66.8 Å². The van der Waals surface area contributed by atoms with Gasteiger partial charge in [0.15, 0.2) is 0 Å². The van der Waals surface area contributed by atoms with Crippen molar-refractivity contribution >= 4 is 35.4 Å². The first-order valence-electron chi connectivity index (χ1n) is 8.40. The Morgan fingerprint density at radius 1 is 1.28 bits per heavy atom. The molecule has 1 amide bonds. The van der Waals surface area contributed by atoms with Crippen LogP contribution in [0.15, 0.2) is 24.3 Å². The van der Waals surface area contributed by atoms with Crippen LogP contribution in [0.25, 0.3) is 0 Å². The molecule has 2 heterocycles. The molecular weight excluding hydrogens is 358 g/mol. The van der Waals surface area contributed by atoms with Crippen molar-refractivity contribution in [3.8, 4) is 0 Å². The molecule has 2 saturated heterocycles. The molecule has 1 aromatic carbocycles. The molecule has 0 radical (unpaired) electrons. The van der Waals surface area contributed by atoms with Crippen LogP contribution in [-0.2, 0) is 9.53 Å². The number of hydrogen-bond donors (Lipinski definition) is 1. The molecule has 0 aliphatic carbocycles. The Balaban J connectivity index is 1.72. The van der Waals surface area contributed by atoms with E-state index in [9.17, 15) is 14.7 Å². The normalized spacial score (nSPS) is 24.4. The van der Waals surface area contributed by atoms with Gasteiger partial charge < -0.3 is 14.7 Å². The van der Waals surface area contributed by atoms with Crippen LogP contribution >= 0.6 is 23.5 Å². The third kappa shape index (κ3) is 3.99. The van der Waals surface area contributed by atoms with E-state index in [0.29, 0.717) is 29.5 Å². The first kappa shape index (κ1) is 18.6. The number of methoxy groups -OCH3 is 1. The van der Waals surface area contributed by atoms with Crippen molar-refractivity contribution in [1.82, 2.24) is 4.90 Å². The van der Waals surface area contributed by atoms with Gasteiger partial charge in [-0.25, -0.2) is 0 Å². The SMILES string of the molecule is COCC1(C(=O)O)CCCN(C(=O)c2ccc(C3SCCS3)cc2)C1. The van der Waals surface area contributed by atoms with Crippen LogP contribution in [0.2, 0.25) is 0 Å². The number of carboxylic acids is 1. The predicted molar refractivity (Wildman–Crippen MR) is 101 cm³/mol. The van der Waals surface area contributed by atoms with Crippen LogP contribution < -0.4 is 0 Å². The highest BCUT2D eigenvalue weighted by molar-refractivity contribution is 8.19. The van der Waals surface area contributed by atoms with Gasteiger partial charge >= 0.3 is 5.97 Å². The van der Waals surface area contributed by atoms with E-state index in [1.54, 1.807) is 4.90 Å². The lowest BCUT2D eigenvalue weighted by Gasteiger charge is -2.39. The smallest absolute Gasteiger partial charge is 0.313 e. The molecule has 5 nitrogen and oxygen atoms in total.